The maximum absolute atomic E-state index is 15.2. The molecule has 0 unspecified atom stereocenters. The Bertz CT molecular complexity index is 6240. The minimum atomic E-state index is -4.81. The predicted octanol–water partition coefficient (Wildman–Crippen LogP) is 25.9. The molecule has 0 aliphatic carbocycles. The highest BCUT2D eigenvalue weighted by Crippen LogP contribution is 2.56. The molecular weight excluding hydrogens is 1360 g/mol. The van der Waals surface area contributed by atoms with Gasteiger partial charge in [0.25, 0.3) is 6.71 Å². The van der Waals surface area contributed by atoms with Crippen LogP contribution in [0, 0.1) is 13.8 Å². The average molecular weight is 1430 g/mol. The van der Waals surface area contributed by atoms with Gasteiger partial charge in [0.1, 0.15) is 0 Å². The number of rotatable bonds is 10. The van der Waals surface area contributed by atoms with Crippen LogP contribution in [-0.4, -0.2) is 15.8 Å². The summed E-state index contributed by atoms with van der Waals surface area (Å²) < 4.78 is 95.4. The molecule has 526 valence electrons. The molecule has 109 heavy (non-hydrogen) atoms. The number of alkyl halides is 6. The Morgan fingerprint density at radius 3 is 0.844 bits per heavy atom. The first-order valence-electron chi connectivity index (χ1n) is 36.8. The lowest BCUT2D eigenvalue weighted by Crippen LogP contribution is -2.62. The van der Waals surface area contributed by atoms with Crippen LogP contribution in [0.1, 0.15) is 48.6 Å². The zero-order valence-corrected chi connectivity index (χ0v) is 60.3. The van der Waals surface area contributed by atoms with Gasteiger partial charge in [0.15, 0.2) is 0 Å². The smallest absolute Gasteiger partial charge is 0.310 e. The molecule has 0 spiro atoms. The number of hydrogen-bond donors (Lipinski definition) is 0. The Labute approximate surface area is 628 Å². The van der Waals surface area contributed by atoms with Crippen molar-refractivity contribution in [2.75, 3.05) is 9.80 Å². The Kier molecular flexibility index (Phi) is 15.6. The van der Waals surface area contributed by atoms with Crippen molar-refractivity contribution in [3.8, 4) is 78.1 Å². The molecule has 0 N–H and O–H groups in total. The van der Waals surface area contributed by atoms with Crippen molar-refractivity contribution in [2.45, 2.75) is 52.4 Å². The third-order valence-corrected chi connectivity index (χ3v) is 22.2. The minimum Gasteiger partial charge on any atom is -0.310 e. The standard InChI is InChI=1S/C98H69BF6N4/c1-60-42-46-83-79(50-60)80-51-61(2)43-47-84(80)106(83)71-56-77(66-34-20-10-21-35-66)91-89(58-71)108(94-73(62-26-12-6-13-27-62)38-24-39-74(94)63-28-14-7-15-29-63)87-54-70(96(3,4)5)55-88-93(87)99(91)92-78(67-36-22-11-23-37-67)57-72(107-85-48-44-68(97(100,101)102)52-81(85)82-53-69(98(103,104)105)45-49-86(82)107)59-90(92)109(88)95-75(64-30-16-8-17-31-64)40-25-41-76(95)65-32-18-9-19-33-65/h6-59H,1-5H3. The zero-order valence-electron chi connectivity index (χ0n) is 60.3. The SMILES string of the molecule is Cc1ccc2c(c1)c1cc(C)ccc1n2-c1cc(-c2ccccc2)c2c(c1)N(c1c(-c3ccccc3)cccc1-c1ccccc1)c1cc(C(C)(C)C)cc3c1B2c1c(-c2ccccc2)cc(-n2c4ccc(C(F)(F)F)cc4c4cc(C(F)(F)F)ccc42)cc1N3c1c(-c2ccccc2)cccc1-c1ccccc1. The molecule has 11 heteroatoms. The van der Waals surface area contributed by atoms with E-state index in [0.717, 1.165) is 186 Å². The average Bonchev–Trinajstić information content (AvgIpc) is 0.822. The summed E-state index contributed by atoms with van der Waals surface area (Å²) >= 11 is 0. The summed E-state index contributed by atoms with van der Waals surface area (Å²) in [4.78, 5) is 5.05. The van der Waals surface area contributed by atoms with E-state index in [2.05, 4.69) is 310 Å². The molecule has 0 bridgehead atoms. The molecule has 15 aromatic carbocycles. The molecule has 2 aromatic heterocycles. The fourth-order valence-electron chi connectivity index (χ4n) is 17.2. The van der Waals surface area contributed by atoms with E-state index in [4.69, 9.17) is 0 Å². The number of aryl methyl sites for hydroxylation is 2. The van der Waals surface area contributed by atoms with Crippen LogP contribution >= 0.6 is 0 Å². The van der Waals surface area contributed by atoms with Crippen LogP contribution in [-0.2, 0) is 17.8 Å². The highest BCUT2D eigenvalue weighted by Gasteiger charge is 2.49. The van der Waals surface area contributed by atoms with Gasteiger partial charge in [0, 0.05) is 77.9 Å². The normalized spacial score (nSPS) is 12.9. The Balaban J connectivity index is 1.06. The second-order valence-electron chi connectivity index (χ2n) is 29.9. The van der Waals surface area contributed by atoms with Crippen molar-refractivity contribution in [3.05, 3.63) is 355 Å². The number of anilines is 6. The number of nitrogens with zero attached hydrogens (tertiary/aromatic N) is 4. The minimum absolute atomic E-state index is 0.0288. The van der Waals surface area contributed by atoms with Crippen LogP contribution in [0.15, 0.2) is 328 Å². The fraction of sp³-hybridized carbons (Fsp3) is 0.0816. The molecule has 0 amide bonds. The van der Waals surface area contributed by atoms with Gasteiger partial charge in [-0.3, -0.25) is 0 Å². The molecule has 2 aliphatic heterocycles. The van der Waals surface area contributed by atoms with Crippen LogP contribution in [0.4, 0.5) is 60.5 Å². The molecule has 0 radical (unpaired) electrons. The van der Waals surface area contributed by atoms with Crippen molar-refractivity contribution < 1.29 is 26.3 Å². The van der Waals surface area contributed by atoms with Crippen molar-refractivity contribution in [3.63, 3.8) is 0 Å². The summed E-state index contributed by atoms with van der Waals surface area (Å²) in [6, 6.07) is 111. The van der Waals surface area contributed by atoms with E-state index in [1.165, 1.54) is 12.1 Å². The third-order valence-electron chi connectivity index (χ3n) is 22.2. The Morgan fingerprint density at radius 1 is 0.257 bits per heavy atom. The molecule has 0 saturated heterocycles. The molecule has 0 saturated carbocycles. The van der Waals surface area contributed by atoms with Gasteiger partial charge >= 0.3 is 12.4 Å². The van der Waals surface area contributed by atoms with Gasteiger partial charge in [0.2, 0.25) is 0 Å². The van der Waals surface area contributed by atoms with E-state index in [-0.39, 0.29) is 10.8 Å². The highest BCUT2D eigenvalue weighted by atomic mass is 19.4. The molecular formula is C98H69BF6N4. The summed E-state index contributed by atoms with van der Waals surface area (Å²) in [6.45, 7) is 10.5. The van der Waals surface area contributed by atoms with Crippen LogP contribution in [0.25, 0.3) is 122 Å². The molecule has 4 heterocycles. The maximum Gasteiger partial charge on any atom is 0.416 e. The quantitative estimate of drug-likeness (QED) is 0.100. The Morgan fingerprint density at radius 2 is 0.541 bits per heavy atom. The number of hydrogen-bond acceptors (Lipinski definition) is 2. The third kappa shape index (κ3) is 11.1. The van der Waals surface area contributed by atoms with Crippen LogP contribution in [0.2, 0.25) is 0 Å². The molecule has 19 rings (SSSR count). The second-order valence-corrected chi connectivity index (χ2v) is 29.9. The first-order chi connectivity index (χ1) is 52.8. The van der Waals surface area contributed by atoms with E-state index in [1.54, 1.807) is 0 Å². The van der Waals surface area contributed by atoms with Gasteiger partial charge in [-0.15, -0.1) is 0 Å². The number of fused-ring (bicyclic) bond motifs is 10. The number of benzene rings is 15. The van der Waals surface area contributed by atoms with E-state index < -0.39 is 35.6 Å². The monoisotopic (exact) mass is 1430 g/mol. The first-order valence-corrected chi connectivity index (χ1v) is 36.8. The van der Waals surface area contributed by atoms with Gasteiger partial charge in [-0.25, -0.2) is 0 Å². The number of halogens is 6. The molecule has 4 nitrogen and oxygen atoms in total. The number of aromatic nitrogens is 2. The van der Waals surface area contributed by atoms with Gasteiger partial charge in [-0.1, -0.05) is 262 Å². The van der Waals surface area contributed by atoms with Gasteiger partial charge in [0.05, 0.1) is 44.6 Å². The lowest BCUT2D eigenvalue weighted by molar-refractivity contribution is -0.138. The van der Waals surface area contributed by atoms with Crippen LogP contribution < -0.4 is 26.2 Å². The summed E-state index contributed by atoms with van der Waals surface area (Å²) in [6.07, 6.45) is -9.62. The molecule has 2 aliphatic rings. The predicted molar refractivity (Wildman–Crippen MR) is 440 cm³/mol. The lowest BCUT2D eigenvalue weighted by Gasteiger charge is -2.47. The zero-order chi connectivity index (χ0) is 74.4. The van der Waals surface area contributed by atoms with E-state index in [0.29, 0.717) is 16.7 Å². The number of para-hydroxylation sites is 2. The summed E-state index contributed by atoms with van der Waals surface area (Å²) in [5, 5.41) is 2.34. The summed E-state index contributed by atoms with van der Waals surface area (Å²) in [5.41, 5.74) is 24.8. The molecule has 0 fully saturated rings. The van der Waals surface area contributed by atoms with Crippen LogP contribution in [0.5, 0.6) is 0 Å². The van der Waals surface area contributed by atoms with Gasteiger partial charge < -0.3 is 18.9 Å². The lowest BCUT2D eigenvalue weighted by atomic mass is 9.31. The van der Waals surface area contributed by atoms with Crippen molar-refractivity contribution >= 4 is 101 Å². The van der Waals surface area contributed by atoms with Crippen molar-refractivity contribution in [1.29, 1.82) is 0 Å². The summed E-state index contributed by atoms with van der Waals surface area (Å²) in [7, 11) is 0. The fourth-order valence-corrected chi connectivity index (χ4v) is 17.2. The topological polar surface area (TPSA) is 16.3 Å². The molecule has 0 atom stereocenters. The van der Waals surface area contributed by atoms with E-state index >= 15 is 26.3 Å². The highest BCUT2D eigenvalue weighted by molar-refractivity contribution is 7.02. The molecule has 17 aromatic rings. The van der Waals surface area contributed by atoms with Crippen molar-refractivity contribution in [1.82, 2.24) is 9.13 Å². The first kappa shape index (κ1) is 66.8. The van der Waals surface area contributed by atoms with Crippen molar-refractivity contribution in [2.24, 2.45) is 0 Å². The Hall–Kier alpha value is -12.9. The van der Waals surface area contributed by atoms with Gasteiger partial charge in [-0.05, 0) is 183 Å². The van der Waals surface area contributed by atoms with E-state index in [9.17, 15) is 0 Å². The second kappa shape index (κ2) is 25.4. The van der Waals surface area contributed by atoms with E-state index in [1.807, 2.05) is 34.9 Å². The maximum atomic E-state index is 15.2. The van der Waals surface area contributed by atoms with Crippen LogP contribution in [0.3, 0.4) is 0 Å². The summed E-state index contributed by atoms with van der Waals surface area (Å²) in [5.74, 6) is 0. The van der Waals surface area contributed by atoms with Gasteiger partial charge in [-0.2, -0.15) is 26.3 Å². The largest absolute Gasteiger partial charge is 0.416 e.